The maximum Gasteiger partial charge on any atom is 0.343 e. The van der Waals surface area contributed by atoms with Crippen LogP contribution >= 0.6 is 24.0 Å². The molecule has 1 heterocycles. The highest BCUT2D eigenvalue weighted by molar-refractivity contribution is 8.26. The number of benzene rings is 2. The molecule has 0 saturated carbocycles. The van der Waals surface area contributed by atoms with Gasteiger partial charge in [0.1, 0.15) is 4.32 Å². The predicted octanol–water partition coefficient (Wildman–Crippen LogP) is 5.26. The Morgan fingerprint density at radius 3 is 2.43 bits per heavy atom. The standard InChI is InChI=1S/C23H23NO4S2/c1-5-24-21(25)20(30-23(24)29)13-15-6-11-18(19(12-15)27-4)28-22(26)17-9-7-16(8-10-17)14(2)3/h6-14H,5H2,1-4H3. The third-order valence-electron chi connectivity index (χ3n) is 4.69. The number of likely N-dealkylation sites (N-methyl/N-ethyl adjacent to an activating group) is 1. The topological polar surface area (TPSA) is 55.8 Å². The van der Waals surface area contributed by atoms with E-state index in [2.05, 4.69) is 13.8 Å². The largest absolute Gasteiger partial charge is 0.493 e. The summed E-state index contributed by atoms with van der Waals surface area (Å²) in [5, 5.41) is 0. The number of carbonyl (C=O) groups is 2. The Hall–Kier alpha value is -2.64. The van der Waals surface area contributed by atoms with E-state index in [4.69, 9.17) is 21.7 Å². The van der Waals surface area contributed by atoms with Gasteiger partial charge >= 0.3 is 5.97 Å². The zero-order valence-electron chi connectivity index (χ0n) is 17.3. The first-order valence-electron chi connectivity index (χ1n) is 9.59. The van der Waals surface area contributed by atoms with Crippen LogP contribution in [0.4, 0.5) is 0 Å². The number of hydrogen-bond donors (Lipinski definition) is 0. The summed E-state index contributed by atoms with van der Waals surface area (Å²) in [5.74, 6) is 0.544. The summed E-state index contributed by atoms with van der Waals surface area (Å²) in [6, 6.07) is 12.5. The van der Waals surface area contributed by atoms with E-state index in [1.165, 1.54) is 18.9 Å². The molecule has 0 N–H and O–H groups in total. The van der Waals surface area contributed by atoms with Gasteiger partial charge < -0.3 is 9.47 Å². The maximum absolute atomic E-state index is 12.5. The summed E-state index contributed by atoms with van der Waals surface area (Å²) in [5.41, 5.74) is 2.38. The predicted molar refractivity (Wildman–Crippen MR) is 124 cm³/mol. The minimum atomic E-state index is -0.458. The van der Waals surface area contributed by atoms with Gasteiger partial charge in [0.15, 0.2) is 11.5 Å². The highest BCUT2D eigenvalue weighted by Crippen LogP contribution is 2.34. The normalized spacial score (nSPS) is 15.2. The van der Waals surface area contributed by atoms with Crippen molar-refractivity contribution in [2.24, 2.45) is 0 Å². The van der Waals surface area contributed by atoms with E-state index in [-0.39, 0.29) is 5.91 Å². The fraction of sp³-hybridized carbons (Fsp3) is 0.261. The highest BCUT2D eigenvalue weighted by atomic mass is 32.2. The first kappa shape index (κ1) is 22.1. The molecule has 1 fully saturated rings. The molecule has 2 aromatic carbocycles. The zero-order chi connectivity index (χ0) is 21.8. The summed E-state index contributed by atoms with van der Waals surface area (Å²) in [6.07, 6.45) is 1.76. The van der Waals surface area contributed by atoms with Gasteiger partial charge in [-0.3, -0.25) is 9.69 Å². The molecule has 5 nitrogen and oxygen atoms in total. The van der Waals surface area contributed by atoms with Gasteiger partial charge in [0.05, 0.1) is 17.6 Å². The Kier molecular flexibility index (Phi) is 6.95. The molecule has 30 heavy (non-hydrogen) atoms. The molecule has 156 valence electrons. The van der Waals surface area contributed by atoms with Crippen LogP contribution in [0.3, 0.4) is 0 Å². The molecular weight excluding hydrogens is 418 g/mol. The summed E-state index contributed by atoms with van der Waals surface area (Å²) in [4.78, 5) is 27.0. The van der Waals surface area contributed by atoms with E-state index in [0.717, 1.165) is 11.1 Å². The number of methoxy groups -OCH3 is 1. The van der Waals surface area contributed by atoms with E-state index in [1.54, 1.807) is 41.3 Å². The molecule has 1 aliphatic rings. The number of amides is 1. The summed E-state index contributed by atoms with van der Waals surface area (Å²) >= 11 is 6.51. The molecule has 0 aromatic heterocycles. The van der Waals surface area contributed by atoms with Crippen LogP contribution < -0.4 is 9.47 Å². The van der Waals surface area contributed by atoms with Crippen molar-refractivity contribution in [3.63, 3.8) is 0 Å². The fourth-order valence-corrected chi connectivity index (χ4v) is 4.33. The first-order chi connectivity index (χ1) is 14.3. The molecule has 2 aromatic rings. The van der Waals surface area contributed by atoms with Crippen molar-refractivity contribution < 1.29 is 19.1 Å². The number of ether oxygens (including phenoxy) is 2. The molecule has 0 spiro atoms. The van der Waals surface area contributed by atoms with E-state index in [1.807, 2.05) is 19.1 Å². The van der Waals surface area contributed by atoms with Gasteiger partial charge in [-0.15, -0.1) is 0 Å². The third kappa shape index (κ3) is 4.74. The molecule has 7 heteroatoms. The van der Waals surface area contributed by atoms with Crippen LogP contribution in [0, 0.1) is 0 Å². The van der Waals surface area contributed by atoms with Crippen molar-refractivity contribution in [3.05, 3.63) is 64.1 Å². The minimum Gasteiger partial charge on any atom is -0.493 e. The number of thiocarbonyl (C=S) groups is 1. The Labute approximate surface area is 186 Å². The SMILES string of the molecule is CCN1C(=O)C(=Cc2ccc(OC(=O)c3ccc(C(C)C)cc3)c(OC)c2)SC1=S. The molecule has 0 bridgehead atoms. The van der Waals surface area contributed by atoms with Crippen LogP contribution in [0.1, 0.15) is 48.2 Å². The average molecular weight is 442 g/mol. The molecule has 3 rings (SSSR count). The van der Waals surface area contributed by atoms with E-state index >= 15 is 0 Å². The number of esters is 1. The number of thioether (sulfide) groups is 1. The number of carbonyl (C=O) groups excluding carboxylic acids is 2. The van der Waals surface area contributed by atoms with Crippen LogP contribution in [0.5, 0.6) is 11.5 Å². The fourth-order valence-electron chi connectivity index (χ4n) is 2.95. The number of hydrogen-bond acceptors (Lipinski definition) is 6. The Bertz CT molecular complexity index is 1010. The molecule has 1 aliphatic heterocycles. The smallest absolute Gasteiger partial charge is 0.343 e. The van der Waals surface area contributed by atoms with Crippen molar-refractivity contribution in [2.75, 3.05) is 13.7 Å². The lowest BCUT2D eigenvalue weighted by molar-refractivity contribution is -0.121. The minimum absolute atomic E-state index is 0.105. The lowest BCUT2D eigenvalue weighted by atomic mass is 10.0. The summed E-state index contributed by atoms with van der Waals surface area (Å²) in [7, 11) is 1.50. The lowest BCUT2D eigenvalue weighted by Crippen LogP contribution is -2.27. The second kappa shape index (κ2) is 9.45. The number of nitrogens with zero attached hydrogens (tertiary/aromatic N) is 1. The summed E-state index contributed by atoms with van der Waals surface area (Å²) in [6.45, 7) is 6.62. The van der Waals surface area contributed by atoms with Crippen LogP contribution in [0.15, 0.2) is 47.4 Å². The molecule has 0 aliphatic carbocycles. The Balaban J connectivity index is 1.79. The van der Waals surface area contributed by atoms with Crippen LogP contribution in [-0.2, 0) is 4.79 Å². The van der Waals surface area contributed by atoms with Gasteiger partial charge in [-0.1, -0.05) is 56.0 Å². The summed E-state index contributed by atoms with van der Waals surface area (Å²) < 4.78 is 11.5. The van der Waals surface area contributed by atoms with Crippen LogP contribution in [-0.4, -0.2) is 34.8 Å². The Morgan fingerprint density at radius 2 is 1.87 bits per heavy atom. The number of rotatable bonds is 6. The molecule has 0 radical (unpaired) electrons. The van der Waals surface area contributed by atoms with Gasteiger partial charge in [-0.2, -0.15) is 0 Å². The van der Waals surface area contributed by atoms with Crippen molar-refractivity contribution in [3.8, 4) is 11.5 Å². The van der Waals surface area contributed by atoms with Crippen molar-refractivity contribution in [2.45, 2.75) is 26.7 Å². The monoisotopic (exact) mass is 441 g/mol. The lowest BCUT2D eigenvalue weighted by Gasteiger charge is -2.11. The van der Waals surface area contributed by atoms with E-state index in [9.17, 15) is 9.59 Å². The molecular formula is C23H23NO4S2. The van der Waals surface area contributed by atoms with Gasteiger partial charge in [0.25, 0.3) is 5.91 Å². The highest BCUT2D eigenvalue weighted by Gasteiger charge is 2.30. The Morgan fingerprint density at radius 1 is 1.17 bits per heavy atom. The van der Waals surface area contributed by atoms with Gasteiger partial charge in [-0.05, 0) is 54.3 Å². The van der Waals surface area contributed by atoms with Gasteiger partial charge in [-0.25, -0.2) is 4.79 Å². The molecule has 1 amide bonds. The van der Waals surface area contributed by atoms with Crippen molar-refractivity contribution in [1.29, 1.82) is 0 Å². The van der Waals surface area contributed by atoms with E-state index < -0.39 is 5.97 Å². The van der Waals surface area contributed by atoms with Crippen molar-refractivity contribution >= 4 is 46.3 Å². The molecule has 0 unspecified atom stereocenters. The molecule has 1 saturated heterocycles. The van der Waals surface area contributed by atoms with Crippen LogP contribution in [0.25, 0.3) is 6.08 Å². The van der Waals surface area contributed by atoms with Gasteiger partial charge in [0, 0.05) is 6.54 Å². The molecule has 0 atom stereocenters. The quantitative estimate of drug-likeness (QED) is 0.264. The van der Waals surface area contributed by atoms with Crippen molar-refractivity contribution in [1.82, 2.24) is 4.90 Å². The van der Waals surface area contributed by atoms with Crippen LogP contribution in [0.2, 0.25) is 0 Å². The average Bonchev–Trinajstić information content (AvgIpc) is 3.01. The van der Waals surface area contributed by atoms with Gasteiger partial charge in [0.2, 0.25) is 0 Å². The second-order valence-electron chi connectivity index (χ2n) is 7.00. The van der Waals surface area contributed by atoms with E-state index in [0.29, 0.717) is 38.8 Å². The second-order valence-corrected chi connectivity index (χ2v) is 8.68. The first-order valence-corrected chi connectivity index (χ1v) is 10.8. The zero-order valence-corrected chi connectivity index (χ0v) is 18.9. The third-order valence-corrected chi connectivity index (χ3v) is 6.07. The maximum atomic E-state index is 12.5.